The first-order valence-corrected chi connectivity index (χ1v) is 8.97. The number of hydrogen-bond donors (Lipinski definition) is 2. The highest BCUT2D eigenvalue weighted by Gasteiger charge is 2.08. The lowest BCUT2D eigenvalue weighted by Gasteiger charge is -2.14. The summed E-state index contributed by atoms with van der Waals surface area (Å²) in [6, 6.07) is 15.5. The lowest BCUT2D eigenvalue weighted by atomic mass is 10.1. The fourth-order valence-electron chi connectivity index (χ4n) is 2.49. The van der Waals surface area contributed by atoms with Crippen LogP contribution in [-0.4, -0.2) is 32.2 Å². The average Bonchev–Trinajstić information content (AvgIpc) is 2.63. The lowest BCUT2D eigenvalue weighted by molar-refractivity contribution is -0.116. The van der Waals surface area contributed by atoms with Gasteiger partial charge in [-0.1, -0.05) is 24.3 Å². The van der Waals surface area contributed by atoms with E-state index in [-0.39, 0.29) is 12.0 Å². The van der Waals surface area contributed by atoms with E-state index in [0.717, 1.165) is 18.7 Å². The van der Waals surface area contributed by atoms with Gasteiger partial charge in [0.25, 0.3) is 0 Å². The number of ether oxygens (including phenoxy) is 2. The molecule has 5 heteroatoms. The summed E-state index contributed by atoms with van der Waals surface area (Å²) < 4.78 is 10.9. The summed E-state index contributed by atoms with van der Waals surface area (Å²) >= 11 is 0. The molecule has 2 aromatic rings. The monoisotopic (exact) mass is 356 g/mol. The van der Waals surface area contributed by atoms with Crippen LogP contribution in [0.4, 0.5) is 5.69 Å². The number of carbonyl (C=O) groups excluding carboxylic acids is 1. The molecule has 0 saturated heterocycles. The molecular formula is C21H28N2O3. The Morgan fingerprint density at radius 1 is 1.04 bits per heavy atom. The van der Waals surface area contributed by atoms with E-state index in [0.29, 0.717) is 24.4 Å². The molecule has 0 aliphatic carbocycles. The average molecular weight is 356 g/mol. The van der Waals surface area contributed by atoms with E-state index < -0.39 is 0 Å². The van der Waals surface area contributed by atoms with E-state index in [4.69, 9.17) is 9.47 Å². The Hall–Kier alpha value is -2.53. The zero-order valence-electron chi connectivity index (χ0n) is 15.7. The Labute approximate surface area is 155 Å². The maximum atomic E-state index is 12.1. The molecule has 0 bridgehead atoms. The number of nitrogens with one attached hydrogen (secondary N) is 2. The summed E-state index contributed by atoms with van der Waals surface area (Å²) in [6.45, 7) is 5.39. The van der Waals surface area contributed by atoms with E-state index >= 15 is 0 Å². The van der Waals surface area contributed by atoms with Gasteiger partial charge >= 0.3 is 0 Å². The van der Waals surface area contributed by atoms with Gasteiger partial charge < -0.3 is 20.1 Å². The van der Waals surface area contributed by atoms with Crippen LogP contribution in [0.25, 0.3) is 0 Å². The highest BCUT2D eigenvalue weighted by molar-refractivity contribution is 5.92. The number of carbonyl (C=O) groups is 1. The highest BCUT2D eigenvalue weighted by atomic mass is 16.5. The van der Waals surface area contributed by atoms with E-state index in [1.165, 1.54) is 5.56 Å². The fraction of sp³-hybridized carbons (Fsp3) is 0.381. The van der Waals surface area contributed by atoms with E-state index in [1.54, 1.807) is 7.11 Å². The Balaban J connectivity index is 1.69. The number of anilines is 1. The summed E-state index contributed by atoms with van der Waals surface area (Å²) in [6.07, 6.45) is 1.39. The predicted octanol–water partition coefficient (Wildman–Crippen LogP) is 3.64. The second kappa shape index (κ2) is 10.5. The summed E-state index contributed by atoms with van der Waals surface area (Å²) in [5, 5.41) is 6.22. The number of benzene rings is 2. The van der Waals surface area contributed by atoms with Crippen LogP contribution < -0.4 is 20.1 Å². The van der Waals surface area contributed by atoms with Crippen molar-refractivity contribution in [3.05, 3.63) is 54.1 Å². The van der Waals surface area contributed by atoms with Crippen molar-refractivity contribution >= 4 is 11.6 Å². The topological polar surface area (TPSA) is 59.6 Å². The molecule has 0 saturated carbocycles. The minimum Gasteiger partial charge on any atom is -0.497 e. The van der Waals surface area contributed by atoms with Crippen LogP contribution in [0.3, 0.4) is 0 Å². The quantitative estimate of drug-likeness (QED) is 0.638. The zero-order chi connectivity index (χ0) is 18.8. The number of amides is 1. The molecule has 2 N–H and O–H groups in total. The molecule has 5 nitrogen and oxygen atoms in total. The first kappa shape index (κ1) is 19.8. The van der Waals surface area contributed by atoms with Crippen molar-refractivity contribution in [3.63, 3.8) is 0 Å². The first-order valence-electron chi connectivity index (χ1n) is 8.97. The van der Waals surface area contributed by atoms with Gasteiger partial charge in [0.15, 0.2) is 0 Å². The van der Waals surface area contributed by atoms with Crippen molar-refractivity contribution in [1.29, 1.82) is 0 Å². The van der Waals surface area contributed by atoms with Crippen LogP contribution >= 0.6 is 0 Å². The molecule has 0 fully saturated rings. The third-order valence-electron chi connectivity index (χ3n) is 3.80. The molecule has 0 spiro atoms. The fourth-order valence-corrected chi connectivity index (χ4v) is 2.49. The predicted molar refractivity (Wildman–Crippen MR) is 105 cm³/mol. The van der Waals surface area contributed by atoms with Gasteiger partial charge in [-0.25, -0.2) is 0 Å². The molecule has 26 heavy (non-hydrogen) atoms. The van der Waals surface area contributed by atoms with E-state index in [9.17, 15) is 4.79 Å². The Kier molecular flexibility index (Phi) is 7.96. The van der Waals surface area contributed by atoms with Gasteiger partial charge in [-0.3, -0.25) is 4.79 Å². The van der Waals surface area contributed by atoms with Crippen molar-refractivity contribution < 1.29 is 14.3 Å². The first-order chi connectivity index (χ1) is 12.6. The number of hydrogen-bond acceptors (Lipinski definition) is 4. The van der Waals surface area contributed by atoms with Gasteiger partial charge in [-0.15, -0.1) is 0 Å². The Bertz CT molecular complexity index is 684. The molecule has 0 aromatic heterocycles. The van der Waals surface area contributed by atoms with Gasteiger partial charge in [0.2, 0.25) is 5.91 Å². The maximum Gasteiger partial charge on any atom is 0.225 e. The molecule has 0 aliphatic rings. The van der Waals surface area contributed by atoms with Crippen LogP contribution in [0, 0.1) is 0 Å². The van der Waals surface area contributed by atoms with Crippen molar-refractivity contribution in [2.75, 3.05) is 25.5 Å². The summed E-state index contributed by atoms with van der Waals surface area (Å²) in [7, 11) is 1.66. The lowest BCUT2D eigenvalue weighted by Crippen LogP contribution is -2.24. The van der Waals surface area contributed by atoms with Crippen LogP contribution in [0.2, 0.25) is 0 Å². The standard InChI is InChI=1S/C21H28N2O3/c1-16(2)26-20-7-5-4-6-19(20)23-21(24)13-15-22-14-12-17-8-10-18(25-3)11-9-17/h4-11,16,22H,12-15H2,1-3H3,(H,23,24). The zero-order valence-corrected chi connectivity index (χ0v) is 15.7. The maximum absolute atomic E-state index is 12.1. The van der Waals surface area contributed by atoms with E-state index in [2.05, 4.69) is 22.8 Å². The van der Waals surface area contributed by atoms with Crippen LogP contribution in [0.15, 0.2) is 48.5 Å². The van der Waals surface area contributed by atoms with Crippen molar-refractivity contribution in [3.8, 4) is 11.5 Å². The molecule has 1 amide bonds. The molecule has 2 aromatic carbocycles. The molecule has 2 rings (SSSR count). The van der Waals surface area contributed by atoms with Crippen molar-refractivity contribution in [2.24, 2.45) is 0 Å². The van der Waals surface area contributed by atoms with Gasteiger partial charge in [0, 0.05) is 13.0 Å². The molecular weight excluding hydrogens is 328 g/mol. The third-order valence-corrected chi connectivity index (χ3v) is 3.80. The summed E-state index contributed by atoms with van der Waals surface area (Å²) in [5.41, 5.74) is 1.95. The van der Waals surface area contributed by atoms with Gasteiger partial charge in [-0.2, -0.15) is 0 Å². The smallest absolute Gasteiger partial charge is 0.225 e. The highest BCUT2D eigenvalue weighted by Crippen LogP contribution is 2.24. The van der Waals surface area contributed by atoms with Crippen molar-refractivity contribution in [2.45, 2.75) is 32.8 Å². The molecule has 0 unspecified atom stereocenters. The summed E-state index contributed by atoms with van der Waals surface area (Å²) in [5.74, 6) is 1.53. The summed E-state index contributed by atoms with van der Waals surface area (Å²) in [4.78, 5) is 12.1. The van der Waals surface area contributed by atoms with E-state index in [1.807, 2.05) is 50.2 Å². The minimum absolute atomic E-state index is 0.0262. The molecule has 0 aliphatic heterocycles. The number of para-hydroxylation sites is 2. The van der Waals surface area contributed by atoms with Crippen LogP contribution in [0.1, 0.15) is 25.8 Å². The normalized spacial score (nSPS) is 10.6. The molecule has 0 atom stereocenters. The largest absolute Gasteiger partial charge is 0.497 e. The van der Waals surface area contributed by atoms with Crippen LogP contribution in [0.5, 0.6) is 11.5 Å². The SMILES string of the molecule is COc1ccc(CCNCCC(=O)Nc2ccccc2OC(C)C)cc1. The number of methoxy groups -OCH3 is 1. The molecule has 0 heterocycles. The van der Waals surface area contributed by atoms with Crippen molar-refractivity contribution in [1.82, 2.24) is 5.32 Å². The second-order valence-electron chi connectivity index (χ2n) is 6.31. The minimum atomic E-state index is -0.0262. The van der Waals surface area contributed by atoms with Gasteiger partial charge in [0.1, 0.15) is 11.5 Å². The number of rotatable bonds is 10. The van der Waals surface area contributed by atoms with Gasteiger partial charge in [-0.05, 0) is 56.6 Å². The molecule has 0 radical (unpaired) electrons. The third kappa shape index (κ3) is 6.76. The molecule has 140 valence electrons. The second-order valence-corrected chi connectivity index (χ2v) is 6.31. The van der Waals surface area contributed by atoms with Crippen LogP contribution in [-0.2, 0) is 11.2 Å². The Morgan fingerprint density at radius 2 is 1.77 bits per heavy atom. The van der Waals surface area contributed by atoms with Gasteiger partial charge in [0.05, 0.1) is 18.9 Å². The Morgan fingerprint density at radius 3 is 2.46 bits per heavy atom.